The van der Waals surface area contributed by atoms with Crippen molar-refractivity contribution in [2.75, 3.05) is 0 Å². The summed E-state index contributed by atoms with van der Waals surface area (Å²) >= 11 is 0. The number of esters is 1. The van der Waals surface area contributed by atoms with Crippen LogP contribution < -0.4 is 0 Å². The van der Waals surface area contributed by atoms with Crippen molar-refractivity contribution in [2.45, 2.75) is 53.1 Å². The summed E-state index contributed by atoms with van der Waals surface area (Å²) in [6.45, 7) is 8.26. The summed E-state index contributed by atoms with van der Waals surface area (Å²) in [7, 11) is 0. The minimum absolute atomic E-state index is 0.00167. The van der Waals surface area contributed by atoms with E-state index in [1.807, 2.05) is 13.8 Å². The Kier molecular flexibility index (Phi) is 3.73. The van der Waals surface area contributed by atoms with Crippen molar-refractivity contribution in [1.82, 2.24) is 0 Å². The van der Waals surface area contributed by atoms with E-state index in [0.29, 0.717) is 5.92 Å². The SMILES string of the molecule is CCCC(C)CC1=C(C)C(=O)OC1C. The lowest BCUT2D eigenvalue weighted by Crippen LogP contribution is -2.08. The molecule has 0 fully saturated rings. The normalized spacial score (nSPS) is 24.0. The largest absolute Gasteiger partial charge is 0.455 e. The summed E-state index contributed by atoms with van der Waals surface area (Å²) in [4.78, 5) is 11.3. The lowest BCUT2D eigenvalue weighted by atomic mass is 9.93. The number of ether oxygens (including phenoxy) is 1. The fourth-order valence-corrected chi connectivity index (χ4v) is 2.05. The number of carbonyl (C=O) groups excluding carboxylic acids is 1. The van der Waals surface area contributed by atoms with Gasteiger partial charge in [-0.1, -0.05) is 26.7 Å². The predicted octanol–water partition coefficient (Wildman–Crippen LogP) is 3.07. The number of carbonyl (C=O) groups is 1. The highest BCUT2D eigenvalue weighted by atomic mass is 16.5. The topological polar surface area (TPSA) is 26.3 Å². The Hall–Kier alpha value is -0.790. The molecule has 1 heterocycles. The van der Waals surface area contributed by atoms with Crippen molar-refractivity contribution in [3.05, 3.63) is 11.1 Å². The molecule has 14 heavy (non-hydrogen) atoms. The van der Waals surface area contributed by atoms with Crippen LogP contribution in [0.2, 0.25) is 0 Å². The maximum atomic E-state index is 11.3. The second-order valence-corrected chi connectivity index (χ2v) is 4.30. The molecule has 2 nitrogen and oxygen atoms in total. The molecule has 1 aliphatic rings. The van der Waals surface area contributed by atoms with Gasteiger partial charge in [0.15, 0.2) is 0 Å². The molecule has 0 amide bonds. The third-order valence-corrected chi connectivity index (χ3v) is 2.91. The predicted molar refractivity (Wildman–Crippen MR) is 56.9 cm³/mol. The maximum absolute atomic E-state index is 11.3. The van der Waals surface area contributed by atoms with E-state index in [2.05, 4.69) is 13.8 Å². The standard InChI is InChI=1S/C12H20O2/c1-5-6-8(2)7-11-9(3)12(13)14-10(11)4/h8,10H,5-7H2,1-4H3. The van der Waals surface area contributed by atoms with E-state index in [1.165, 1.54) is 18.4 Å². The van der Waals surface area contributed by atoms with Crippen LogP contribution in [-0.2, 0) is 9.53 Å². The van der Waals surface area contributed by atoms with Crippen molar-refractivity contribution >= 4 is 5.97 Å². The van der Waals surface area contributed by atoms with E-state index < -0.39 is 0 Å². The van der Waals surface area contributed by atoms with Crippen LogP contribution in [0.4, 0.5) is 0 Å². The molecular weight excluding hydrogens is 176 g/mol. The molecule has 0 bridgehead atoms. The zero-order valence-corrected chi connectivity index (χ0v) is 9.59. The van der Waals surface area contributed by atoms with E-state index >= 15 is 0 Å². The van der Waals surface area contributed by atoms with Gasteiger partial charge in [0.25, 0.3) is 0 Å². The van der Waals surface area contributed by atoms with Gasteiger partial charge >= 0.3 is 5.97 Å². The summed E-state index contributed by atoms with van der Waals surface area (Å²) in [5.74, 6) is 0.526. The van der Waals surface area contributed by atoms with Crippen LogP contribution in [0, 0.1) is 5.92 Å². The third kappa shape index (κ3) is 2.37. The van der Waals surface area contributed by atoms with Crippen molar-refractivity contribution in [3.63, 3.8) is 0 Å². The van der Waals surface area contributed by atoms with Gasteiger partial charge in [0.1, 0.15) is 6.10 Å². The zero-order chi connectivity index (χ0) is 10.7. The zero-order valence-electron chi connectivity index (χ0n) is 9.59. The summed E-state index contributed by atoms with van der Waals surface area (Å²) < 4.78 is 5.15. The molecule has 80 valence electrons. The molecule has 0 radical (unpaired) electrons. The molecule has 0 spiro atoms. The van der Waals surface area contributed by atoms with Crippen LogP contribution in [0.3, 0.4) is 0 Å². The first-order valence-corrected chi connectivity index (χ1v) is 5.46. The smallest absolute Gasteiger partial charge is 0.334 e. The number of cyclic esters (lactones) is 1. The lowest BCUT2D eigenvalue weighted by Gasteiger charge is -2.13. The van der Waals surface area contributed by atoms with Gasteiger partial charge in [-0.2, -0.15) is 0 Å². The van der Waals surface area contributed by atoms with Crippen molar-refractivity contribution < 1.29 is 9.53 Å². The molecule has 1 rings (SSSR count). The van der Waals surface area contributed by atoms with Crippen LogP contribution in [0.5, 0.6) is 0 Å². The fourth-order valence-electron chi connectivity index (χ4n) is 2.05. The molecule has 0 aromatic heterocycles. The monoisotopic (exact) mass is 196 g/mol. The van der Waals surface area contributed by atoms with Crippen LogP contribution in [0.15, 0.2) is 11.1 Å². The van der Waals surface area contributed by atoms with Gasteiger partial charge in [-0.3, -0.25) is 0 Å². The Morgan fingerprint density at radius 2 is 2.14 bits per heavy atom. The average Bonchev–Trinajstić information content (AvgIpc) is 2.33. The van der Waals surface area contributed by atoms with Crippen molar-refractivity contribution in [2.24, 2.45) is 5.92 Å². The third-order valence-electron chi connectivity index (χ3n) is 2.91. The van der Waals surface area contributed by atoms with E-state index in [1.54, 1.807) is 0 Å². The highest BCUT2D eigenvalue weighted by molar-refractivity contribution is 5.91. The van der Waals surface area contributed by atoms with Gasteiger partial charge < -0.3 is 4.74 Å². The molecule has 0 aromatic carbocycles. The number of hydrogen-bond acceptors (Lipinski definition) is 2. The fraction of sp³-hybridized carbons (Fsp3) is 0.750. The first-order valence-electron chi connectivity index (χ1n) is 5.46. The highest BCUT2D eigenvalue weighted by Crippen LogP contribution is 2.29. The van der Waals surface area contributed by atoms with E-state index in [-0.39, 0.29) is 12.1 Å². The molecule has 1 aliphatic heterocycles. The van der Waals surface area contributed by atoms with Crippen LogP contribution in [0.1, 0.15) is 47.0 Å². The first kappa shape index (κ1) is 11.3. The average molecular weight is 196 g/mol. The molecule has 0 N–H and O–H groups in total. The molecule has 0 aliphatic carbocycles. The summed E-state index contributed by atoms with van der Waals surface area (Å²) in [6.07, 6.45) is 3.43. The second-order valence-electron chi connectivity index (χ2n) is 4.30. The van der Waals surface area contributed by atoms with Crippen molar-refractivity contribution in [3.8, 4) is 0 Å². The second kappa shape index (κ2) is 4.63. The molecule has 2 atom stereocenters. The van der Waals surface area contributed by atoms with Gasteiger partial charge in [0.2, 0.25) is 0 Å². The molecule has 0 aromatic rings. The highest BCUT2D eigenvalue weighted by Gasteiger charge is 2.28. The van der Waals surface area contributed by atoms with Gasteiger partial charge in [-0.25, -0.2) is 4.79 Å². The number of rotatable bonds is 4. The van der Waals surface area contributed by atoms with E-state index in [0.717, 1.165) is 12.0 Å². The van der Waals surface area contributed by atoms with E-state index in [4.69, 9.17) is 4.74 Å². The van der Waals surface area contributed by atoms with E-state index in [9.17, 15) is 4.79 Å². The van der Waals surface area contributed by atoms with Crippen molar-refractivity contribution in [1.29, 1.82) is 0 Å². The summed E-state index contributed by atoms with van der Waals surface area (Å²) in [6, 6.07) is 0. The minimum atomic E-state index is -0.129. The van der Waals surface area contributed by atoms with Crippen LogP contribution in [-0.4, -0.2) is 12.1 Å². The van der Waals surface area contributed by atoms with Crippen LogP contribution in [0.25, 0.3) is 0 Å². The Balaban J connectivity index is 2.63. The summed E-state index contributed by atoms with van der Waals surface area (Å²) in [5, 5.41) is 0. The lowest BCUT2D eigenvalue weighted by molar-refractivity contribution is -0.139. The van der Waals surface area contributed by atoms with Crippen LogP contribution >= 0.6 is 0 Å². The maximum Gasteiger partial charge on any atom is 0.334 e. The Bertz CT molecular complexity index is 253. The molecule has 2 unspecified atom stereocenters. The Labute approximate surface area is 86.3 Å². The molecule has 2 heteroatoms. The van der Waals surface area contributed by atoms with Gasteiger partial charge in [-0.15, -0.1) is 0 Å². The quantitative estimate of drug-likeness (QED) is 0.646. The molecular formula is C12H20O2. The van der Waals surface area contributed by atoms with Gasteiger partial charge in [-0.05, 0) is 31.8 Å². The summed E-state index contributed by atoms with van der Waals surface area (Å²) in [5.41, 5.74) is 2.04. The minimum Gasteiger partial charge on any atom is -0.455 e. The Morgan fingerprint density at radius 1 is 1.50 bits per heavy atom. The molecule has 0 saturated carbocycles. The molecule has 0 saturated heterocycles. The van der Waals surface area contributed by atoms with Gasteiger partial charge in [0.05, 0.1) is 0 Å². The van der Waals surface area contributed by atoms with Gasteiger partial charge in [0, 0.05) is 5.57 Å². The Morgan fingerprint density at radius 3 is 2.57 bits per heavy atom. The first-order chi connectivity index (χ1) is 6.56. The number of hydrogen-bond donors (Lipinski definition) is 0.